The van der Waals surface area contributed by atoms with Crippen molar-refractivity contribution in [1.82, 2.24) is 14.7 Å². The van der Waals surface area contributed by atoms with Crippen LogP contribution in [0.15, 0.2) is 30.3 Å². The van der Waals surface area contributed by atoms with Crippen LogP contribution in [0.25, 0.3) is 0 Å². The molecule has 1 aromatic rings. The summed E-state index contributed by atoms with van der Waals surface area (Å²) in [6, 6.07) is 9.21. The number of rotatable bonds is 3. The van der Waals surface area contributed by atoms with Crippen molar-refractivity contribution in [2.75, 3.05) is 57.8 Å². The number of carbonyl (C=O) groups is 2. The van der Waals surface area contributed by atoms with Gasteiger partial charge in [0.05, 0.1) is 19.3 Å². The fourth-order valence-electron chi connectivity index (χ4n) is 3.24. The van der Waals surface area contributed by atoms with Crippen LogP contribution in [-0.4, -0.2) is 85.2 Å². The number of para-hydroxylation sites is 1. The second-order valence-corrected chi connectivity index (χ2v) is 6.43. The van der Waals surface area contributed by atoms with Gasteiger partial charge in [0, 0.05) is 45.0 Å². The van der Waals surface area contributed by atoms with Crippen molar-refractivity contribution in [2.24, 2.45) is 0 Å². The minimum absolute atomic E-state index is 0.0852. The molecule has 2 saturated heterocycles. The van der Waals surface area contributed by atoms with Gasteiger partial charge in [-0.15, -0.1) is 0 Å². The number of carbonyl (C=O) groups excluding carboxylic acids is 2. The fourth-order valence-corrected chi connectivity index (χ4v) is 3.24. The van der Waals surface area contributed by atoms with Gasteiger partial charge in [-0.2, -0.15) is 0 Å². The van der Waals surface area contributed by atoms with Crippen LogP contribution in [-0.2, 0) is 9.53 Å². The Bertz CT molecular complexity index is 581. The van der Waals surface area contributed by atoms with Crippen LogP contribution in [0.5, 0.6) is 0 Å². The zero-order chi connectivity index (χ0) is 17.6. The standard InChI is InChI=1S/C18H26N4O3/c1-15(17(23)21-11-13-25-14-12-21)20-7-9-22(10-8-20)18(24)19-16-5-3-2-4-6-16/h2-6,15H,7-14H2,1H3,(H,19,24). The van der Waals surface area contributed by atoms with E-state index in [2.05, 4.69) is 10.2 Å². The Kier molecular flexibility index (Phi) is 5.88. The summed E-state index contributed by atoms with van der Waals surface area (Å²) in [4.78, 5) is 30.8. The quantitative estimate of drug-likeness (QED) is 0.890. The van der Waals surface area contributed by atoms with E-state index >= 15 is 0 Å². The van der Waals surface area contributed by atoms with Crippen LogP contribution < -0.4 is 5.32 Å². The Balaban J connectivity index is 1.47. The monoisotopic (exact) mass is 346 g/mol. The van der Waals surface area contributed by atoms with Crippen LogP contribution in [0.3, 0.4) is 0 Å². The number of anilines is 1. The van der Waals surface area contributed by atoms with Crippen LogP contribution in [0.1, 0.15) is 6.92 Å². The second kappa shape index (κ2) is 8.31. The summed E-state index contributed by atoms with van der Waals surface area (Å²) in [5, 5.41) is 2.91. The zero-order valence-electron chi connectivity index (χ0n) is 14.7. The van der Waals surface area contributed by atoms with E-state index in [1.807, 2.05) is 42.2 Å². The van der Waals surface area contributed by atoms with Gasteiger partial charge in [-0.25, -0.2) is 4.79 Å². The molecule has 7 heteroatoms. The molecular formula is C18H26N4O3. The Morgan fingerprint density at radius 1 is 0.960 bits per heavy atom. The third-order valence-electron chi connectivity index (χ3n) is 4.85. The first kappa shape index (κ1) is 17.7. The molecule has 3 rings (SSSR count). The average molecular weight is 346 g/mol. The summed E-state index contributed by atoms with van der Waals surface area (Å²) in [6.07, 6.45) is 0. The number of hydrogen-bond donors (Lipinski definition) is 1. The van der Waals surface area contributed by atoms with E-state index in [9.17, 15) is 9.59 Å². The molecule has 1 atom stereocenters. The summed E-state index contributed by atoms with van der Waals surface area (Å²) < 4.78 is 5.31. The topological polar surface area (TPSA) is 65.1 Å². The van der Waals surface area contributed by atoms with E-state index < -0.39 is 0 Å². The molecule has 2 heterocycles. The van der Waals surface area contributed by atoms with Gasteiger partial charge < -0.3 is 19.9 Å². The largest absolute Gasteiger partial charge is 0.378 e. The maximum absolute atomic E-state index is 12.6. The Morgan fingerprint density at radius 3 is 2.24 bits per heavy atom. The zero-order valence-corrected chi connectivity index (χ0v) is 14.7. The van der Waals surface area contributed by atoms with Gasteiger partial charge in [0.25, 0.3) is 0 Å². The summed E-state index contributed by atoms with van der Waals surface area (Å²) in [5.74, 6) is 0.158. The molecular weight excluding hydrogens is 320 g/mol. The smallest absolute Gasteiger partial charge is 0.321 e. The number of nitrogens with one attached hydrogen (secondary N) is 1. The van der Waals surface area contributed by atoms with E-state index in [0.717, 1.165) is 5.69 Å². The third-order valence-corrected chi connectivity index (χ3v) is 4.85. The van der Waals surface area contributed by atoms with E-state index in [-0.39, 0.29) is 18.0 Å². The number of amides is 3. The van der Waals surface area contributed by atoms with E-state index in [1.54, 1.807) is 4.90 Å². The molecule has 3 amide bonds. The van der Waals surface area contributed by atoms with Crippen molar-refractivity contribution in [3.63, 3.8) is 0 Å². The van der Waals surface area contributed by atoms with Crippen molar-refractivity contribution >= 4 is 17.6 Å². The molecule has 2 aliphatic rings. The van der Waals surface area contributed by atoms with E-state index in [1.165, 1.54) is 0 Å². The highest BCUT2D eigenvalue weighted by Crippen LogP contribution is 2.12. The van der Waals surface area contributed by atoms with Crippen molar-refractivity contribution < 1.29 is 14.3 Å². The number of urea groups is 1. The van der Waals surface area contributed by atoms with Gasteiger partial charge in [-0.3, -0.25) is 9.69 Å². The third kappa shape index (κ3) is 4.49. The normalized spacial score (nSPS) is 20.2. The number of benzene rings is 1. The summed E-state index contributed by atoms with van der Waals surface area (Å²) in [7, 11) is 0. The molecule has 25 heavy (non-hydrogen) atoms. The molecule has 0 bridgehead atoms. The Morgan fingerprint density at radius 2 is 1.60 bits per heavy atom. The lowest BCUT2D eigenvalue weighted by Crippen LogP contribution is -2.57. The first-order valence-corrected chi connectivity index (χ1v) is 8.87. The molecule has 2 fully saturated rings. The molecule has 2 aliphatic heterocycles. The Hall–Kier alpha value is -2.12. The fraction of sp³-hybridized carbons (Fsp3) is 0.556. The van der Waals surface area contributed by atoms with Crippen LogP contribution in [0, 0.1) is 0 Å². The molecule has 1 N–H and O–H groups in total. The molecule has 0 aromatic heterocycles. The Labute approximate surface area is 148 Å². The molecule has 7 nitrogen and oxygen atoms in total. The first-order chi connectivity index (χ1) is 12.1. The number of nitrogens with zero attached hydrogens (tertiary/aromatic N) is 3. The lowest BCUT2D eigenvalue weighted by Gasteiger charge is -2.39. The molecule has 136 valence electrons. The van der Waals surface area contributed by atoms with Crippen molar-refractivity contribution in [3.05, 3.63) is 30.3 Å². The van der Waals surface area contributed by atoms with Gasteiger partial charge in [-0.1, -0.05) is 18.2 Å². The first-order valence-electron chi connectivity index (χ1n) is 8.87. The van der Waals surface area contributed by atoms with E-state index in [4.69, 9.17) is 4.74 Å². The molecule has 0 radical (unpaired) electrons. The number of ether oxygens (including phenoxy) is 1. The lowest BCUT2D eigenvalue weighted by molar-refractivity contribution is -0.141. The maximum atomic E-state index is 12.6. The minimum Gasteiger partial charge on any atom is -0.378 e. The van der Waals surface area contributed by atoms with Gasteiger partial charge in [0.1, 0.15) is 0 Å². The molecule has 1 aromatic carbocycles. The van der Waals surface area contributed by atoms with Crippen molar-refractivity contribution in [3.8, 4) is 0 Å². The van der Waals surface area contributed by atoms with Gasteiger partial charge >= 0.3 is 6.03 Å². The average Bonchev–Trinajstić information content (AvgIpc) is 2.68. The number of piperazine rings is 1. The van der Waals surface area contributed by atoms with Gasteiger partial charge in [-0.05, 0) is 19.1 Å². The van der Waals surface area contributed by atoms with Gasteiger partial charge in [0.15, 0.2) is 0 Å². The lowest BCUT2D eigenvalue weighted by atomic mass is 10.2. The molecule has 0 aliphatic carbocycles. The molecule has 0 spiro atoms. The second-order valence-electron chi connectivity index (χ2n) is 6.43. The van der Waals surface area contributed by atoms with Crippen molar-refractivity contribution in [1.29, 1.82) is 0 Å². The highest BCUT2D eigenvalue weighted by molar-refractivity contribution is 5.89. The number of morpholine rings is 1. The maximum Gasteiger partial charge on any atom is 0.321 e. The summed E-state index contributed by atoms with van der Waals surface area (Å²) >= 11 is 0. The number of hydrogen-bond acceptors (Lipinski definition) is 4. The molecule has 1 unspecified atom stereocenters. The predicted molar refractivity (Wildman–Crippen MR) is 95.5 cm³/mol. The summed E-state index contributed by atoms with van der Waals surface area (Å²) in [5.41, 5.74) is 0.797. The minimum atomic E-state index is -0.155. The van der Waals surface area contributed by atoms with Crippen LogP contribution >= 0.6 is 0 Å². The van der Waals surface area contributed by atoms with Crippen LogP contribution in [0.2, 0.25) is 0 Å². The van der Waals surface area contributed by atoms with Crippen LogP contribution in [0.4, 0.5) is 10.5 Å². The predicted octanol–water partition coefficient (Wildman–Crippen LogP) is 1.08. The van der Waals surface area contributed by atoms with Crippen molar-refractivity contribution in [2.45, 2.75) is 13.0 Å². The summed E-state index contributed by atoms with van der Waals surface area (Å²) in [6.45, 7) is 7.19. The highest BCUT2D eigenvalue weighted by atomic mass is 16.5. The highest BCUT2D eigenvalue weighted by Gasteiger charge is 2.30. The van der Waals surface area contributed by atoms with Gasteiger partial charge in [0.2, 0.25) is 5.91 Å². The van der Waals surface area contributed by atoms with E-state index in [0.29, 0.717) is 52.5 Å². The SMILES string of the molecule is CC(C(=O)N1CCOCC1)N1CCN(C(=O)Nc2ccccc2)CC1. The molecule has 0 saturated carbocycles.